The Bertz CT molecular complexity index is 622. The van der Waals surface area contributed by atoms with Crippen LogP contribution >= 0.6 is 0 Å². The highest BCUT2D eigenvalue weighted by Gasteiger charge is 2.15. The normalized spacial score (nSPS) is 13.4. The zero-order valence-corrected chi connectivity index (χ0v) is 9.23. The van der Waals surface area contributed by atoms with E-state index in [0.717, 1.165) is 18.4 Å². The van der Waals surface area contributed by atoms with Crippen LogP contribution in [0.1, 0.15) is 23.2 Å². The standard InChI is InChI=1S/C13H11N3O/c14-7-11-12(15)17-13(16-11)10-5-4-8-2-1-3-9(8)6-10/h4-6H,1-3,15H2. The van der Waals surface area contributed by atoms with Gasteiger partial charge < -0.3 is 10.2 Å². The highest BCUT2D eigenvalue weighted by atomic mass is 16.4. The maximum absolute atomic E-state index is 8.78. The first-order valence-electron chi connectivity index (χ1n) is 5.56. The lowest BCUT2D eigenvalue weighted by Crippen LogP contribution is -1.85. The van der Waals surface area contributed by atoms with E-state index in [0.29, 0.717) is 5.89 Å². The molecule has 17 heavy (non-hydrogen) atoms. The molecule has 0 atom stereocenters. The monoisotopic (exact) mass is 225 g/mol. The number of nitriles is 1. The van der Waals surface area contributed by atoms with E-state index in [1.807, 2.05) is 12.1 Å². The molecule has 4 nitrogen and oxygen atoms in total. The highest BCUT2D eigenvalue weighted by Crippen LogP contribution is 2.29. The molecular formula is C13H11N3O. The average molecular weight is 225 g/mol. The summed E-state index contributed by atoms with van der Waals surface area (Å²) >= 11 is 0. The molecular weight excluding hydrogens is 214 g/mol. The third-order valence-electron chi connectivity index (χ3n) is 3.10. The zero-order valence-electron chi connectivity index (χ0n) is 9.23. The molecule has 84 valence electrons. The molecule has 3 rings (SSSR count). The zero-order chi connectivity index (χ0) is 11.8. The smallest absolute Gasteiger partial charge is 0.230 e. The van der Waals surface area contributed by atoms with Gasteiger partial charge in [0.2, 0.25) is 17.5 Å². The van der Waals surface area contributed by atoms with E-state index in [9.17, 15) is 0 Å². The molecule has 0 amide bonds. The summed E-state index contributed by atoms with van der Waals surface area (Å²) in [6.07, 6.45) is 3.45. The van der Waals surface area contributed by atoms with E-state index in [1.165, 1.54) is 17.5 Å². The molecule has 0 bridgehead atoms. The Kier molecular flexibility index (Phi) is 2.12. The van der Waals surface area contributed by atoms with Crippen LogP contribution in [-0.2, 0) is 12.8 Å². The van der Waals surface area contributed by atoms with Crippen LogP contribution in [0.4, 0.5) is 5.88 Å². The highest BCUT2D eigenvalue weighted by molar-refractivity contribution is 5.60. The van der Waals surface area contributed by atoms with Crippen molar-refractivity contribution in [2.45, 2.75) is 19.3 Å². The molecule has 0 unspecified atom stereocenters. The number of rotatable bonds is 1. The summed E-state index contributed by atoms with van der Waals surface area (Å²) in [6.45, 7) is 0. The Morgan fingerprint density at radius 1 is 1.29 bits per heavy atom. The summed E-state index contributed by atoms with van der Waals surface area (Å²) < 4.78 is 5.30. The van der Waals surface area contributed by atoms with E-state index in [1.54, 1.807) is 0 Å². The van der Waals surface area contributed by atoms with Crippen LogP contribution in [-0.4, -0.2) is 4.98 Å². The minimum Gasteiger partial charge on any atom is -0.419 e. The van der Waals surface area contributed by atoms with Gasteiger partial charge in [-0.05, 0) is 42.5 Å². The van der Waals surface area contributed by atoms with Gasteiger partial charge in [0.1, 0.15) is 6.07 Å². The molecule has 2 aromatic rings. The summed E-state index contributed by atoms with van der Waals surface area (Å²) in [5, 5.41) is 8.78. The van der Waals surface area contributed by atoms with Gasteiger partial charge in [-0.1, -0.05) is 6.07 Å². The number of hydrogen-bond acceptors (Lipinski definition) is 4. The summed E-state index contributed by atoms with van der Waals surface area (Å²) in [5.74, 6) is 0.511. The van der Waals surface area contributed by atoms with Crippen molar-refractivity contribution in [2.24, 2.45) is 0 Å². The van der Waals surface area contributed by atoms with Crippen molar-refractivity contribution < 1.29 is 4.42 Å². The van der Waals surface area contributed by atoms with Gasteiger partial charge in [-0.15, -0.1) is 0 Å². The first-order valence-corrected chi connectivity index (χ1v) is 5.56. The molecule has 1 aromatic heterocycles. The Hall–Kier alpha value is -2.28. The molecule has 1 aliphatic rings. The number of hydrogen-bond donors (Lipinski definition) is 1. The number of nitrogen functional groups attached to an aromatic ring is 1. The van der Waals surface area contributed by atoms with E-state index in [2.05, 4.69) is 17.1 Å². The van der Waals surface area contributed by atoms with Gasteiger partial charge in [-0.3, -0.25) is 0 Å². The number of nitrogens with two attached hydrogens (primary N) is 1. The quantitative estimate of drug-likeness (QED) is 0.807. The number of oxazole rings is 1. The fourth-order valence-corrected chi connectivity index (χ4v) is 2.24. The summed E-state index contributed by atoms with van der Waals surface area (Å²) in [6, 6.07) is 8.06. The second kappa shape index (κ2) is 3.63. The lowest BCUT2D eigenvalue weighted by Gasteiger charge is -2.00. The second-order valence-corrected chi connectivity index (χ2v) is 4.18. The van der Waals surface area contributed by atoms with E-state index in [4.69, 9.17) is 15.4 Å². The predicted octanol–water partition coefficient (Wildman–Crippen LogP) is 2.28. The number of benzene rings is 1. The summed E-state index contributed by atoms with van der Waals surface area (Å²) in [7, 11) is 0. The van der Waals surface area contributed by atoms with E-state index >= 15 is 0 Å². The van der Waals surface area contributed by atoms with Crippen molar-refractivity contribution in [1.29, 1.82) is 5.26 Å². The Morgan fingerprint density at radius 2 is 2.12 bits per heavy atom. The fourth-order valence-electron chi connectivity index (χ4n) is 2.24. The Balaban J connectivity index is 2.07. The van der Waals surface area contributed by atoms with Crippen molar-refractivity contribution in [3.63, 3.8) is 0 Å². The van der Waals surface area contributed by atoms with Gasteiger partial charge in [-0.2, -0.15) is 10.2 Å². The van der Waals surface area contributed by atoms with Crippen LogP contribution in [0.5, 0.6) is 0 Å². The van der Waals surface area contributed by atoms with Gasteiger partial charge in [-0.25, -0.2) is 0 Å². The number of nitrogens with zero attached hydrogens (tertiary/aromatic N) is 2. The molecule has 0 aliphatic heterocycles. The summed E-state index contributed by atoms with van der Waals surface area (Å²) in [4.78, 5) is 4.07. The predicted molar refractivity (Wildman–Crippen MR) is 63.1 cm³/mol. The van der Waals surface area contributed by atoms with Gasteiger partial charge in [0, 0.05) is 5.56 Å². The number of fused-ring (bicyclic) bond motifs is 1. The van der Waals surface area contributed by atoms with Crippen LogP contribution in [0.25, 0.3) is 11.5 Å². The minimum atomic E-state index is 0.0861. The second-order valence-electron chi connectivity index (χ2n) is 4.18. The van der Waals surface area contributed by atoms with E-state index in [-0.39, 0.29) is 11.6 Å². The molecule has 1 aromatic carbocycles. The molecule has 0 saturated heterocycles. The van der Waals surface area contributed by atoms with Crippen LogP contribution in [0.15, 0.2) is 22.6 Å². The van der Waals surface area contributed by atoms with Crippen molar-refractivity contribution in [3.8, 4) is 17.5 Å². The molecule has 0 fully saturated rings. The van der Waals surface area contributed by atoms with Crippen LogP contribution in [0.3, 0.4) is 0 Å². The molecule has 4 heteroatoms. The van der Waals surface area contributed by atoms with Crippen molar-refractivity contribution in [1.82, 2.24) is 4.98 Å². The van der Waals surface area contributed by atoms with Crippen molar-refractivity contribution in [3.05, 3.63) is 35.0 Å². The Labute approximate surface area is 98.7 Å². The molecule has 1 heterocycles. The largest absolute Gasteiger partial charge is 0.419 e. The SMILES string of the molecule is N#Cc1nc(-c2ccc3c(c2)CCC3)oc1N. The lowest BCUT2D eigenvalue weighted by molar-refractivity contribution is 0.593. The maximum atomic E-state index is 8.78. The lowest BCUT2D eigenvalue weighted by atomic mass is 10.1. The number of aromatic nitrogens is 1. The molecule has 1 aliphatic carbocycles. The van der Waals surface area contributed by atoms with Crippen molar-refractivity contribution in [2.75, 3.05) is 5.73 Å². The molecule has 0 spiro atoms. The third-order valence-corrected chi connectivity index (χ3v) is 3.10. The molecule has 2 N–H and O–H groups in total. The van der Waals surface area contributed by atoms with E-state index < -0.39 is 0 Å². The van der Waals surface area contributed by atoms with Gasteiger partial charge >= 0.3 is 0 Å². The topological polar surface area (TPSA) is 75.8 Å². The van der Waals surface area contributed by atoms with Gasteiger partial charge in [0.05, 0.1) is 0 Å². The fraction of sp³-hybridized carbons (Fsp3) is 0.231. The minimum absolute atomic E-state index is 0.0861. The Morgan fingerprint density at radius 3 is 2.88 bits per heavy atom. The van der Waals surface area contributed by atoms with Crippen molar-refractivity contribution >= 4 is 5.88 Å². The average Bonchev–Trinajstić information content (AvgIpc) is 2.93. The number of aryl methyl sites for hydroxylation is 2. The van der Waals surface area contributed by atoms with Crippen LogP contribution in [0.2, 0.25) is 0 Å². The van der Waals surface area contributed by atoms with Crippen LogP contribution < -0.4 is 5.73 Å². The van der Waals surface area contributed by atoms with Crippen LogP contribution in [0, 0.1) is 11.3 Å². The number of anilines is 1. The molecule has 0 saturated carbocycles. The summed E-state index contributed by atoms with van der Waals surface area (Å²) in [5.41, 5.74) is 9.33. The maximum Gasteiger partial charge on any atom is 0.230 e. The van der Waals surface area contributed by atoms with Gasteiger partial charge in [0.15, 0.2) is 0 Å². The molecule has 0 radical (unpaired) electrons. The first kappa shape index (κ1) is 9.91. The third kappa shape index (κ3) is 1.56. The van der Waals surface area contributed by atoms with Gasteiger partial charge in [0.25, 0.3) is 0 Å². The first-order chi connectivity index (χ1) is 8.28.